The van der Waals surface area contributed by atoms with Crippen LogP contribution >= 0.6 is 0 Å². The molecule has 0 saturated heterocycles. The minimum Gasteiger partial charge on any atom is -0.386 e. The lowest BCUT2D eigenvalue weighted by Gasteiger charge is -2.10. The van der Waals surface area contributed by atoms with E-state index in [0.29, 0.717) is 17.8 Å². The van der Waals surface area contributed by atoms with Gasteiger partial charge in [0.05, 0.1) is 23.8 Å². The molecule has 5 heteroatoms. The molecule has 1 atom stereocenters. The molecule has 2 heterocycles. The predicted octanol–water partition coefficient (Wildman–Crippen LogP) is 2.95. The van der Waals surface area contributed by atoms with Crippen LogP contribution in [0.1, 0.15) is 17.4 Å². The number of nitrogens with zero attached hydrogens (tertiary/aromatic N) is 3. The Morgan fingerprint density at radius 2 is 1.68 bits per heavy atom. The number of halogens is 1. The van der Waals surface area contributed by atoms with Gasteiger partial charge in [-0.05, 0) is 42.0 Å². The Balaban J connectivity index is 1.75. The van der Waals surface area contributed by atoms with Crippen LogP contribution in [0.2, 0.25) is 0 Å². The number of pyridine rings is 1. The summed E-state index contributed by atoms with van der Waals surface area (Å²) in [7, 11) is 0. The maximum Gasteiger partial charge on any atom is 0.123 e. The second kappa shape index (κ2) is 6.41. The fourth-order valence-corrected chi connectivity index (χ4v) is 2.13. The van der Waals surface area contributed by atoms with Crippen molar-refractivity contribution in [3.05, 3.63) is 78.3 Å². The molecule has 0 aliphatic carbocycles. The average Bonchev–Trinajstić information content (AvgIpc) is 2.57. The summed E-state index contributed by atoms with van der Waals surface area (Å²) in [5.74, 6) is -0.291. The summed E-state index contributed by atoms with van der Waals surface area (Å²) in [6, 6.07) is 9.75. The molecule has 0 fully saturated rings. The molecule has 0 radical (unpaired) electrons. The molecule has 22 heavy (non-hydrogen) atoms. The topological polar surface area (TPSA) is 58.9 Å². The van der Waals surface area contributed by atoms with Gasteiger partial charge in [0.25, 0.3) is 0 Å². The maximum absolute atomic E-state index is 12.9. The summed E-state index contributed by atoms with van der Waals surface area (Å²) >= 11 is 0. The Morgan fingerprint density at radius 3 is 2.32 bits per heavy atom. The molecule has 1 aromatic carbocycles. The zero-order valence-electron chi connectivity index (χ0n) is 11.7. The third-order valence-electron chi connectivity index (χ3n) is 3.33. The van der Waals surface area contributed by atoms with Gasteiger partial charge in [-0.15, -0.1) is 0 Å². The number of hydrogen-bond acceptors (Lipinski definition) is 4. The van der Waals surface area contributed by atoms with E-state index < -0.39 is 6.10 Å². The molecule has 0 aliphatic heterocycles. The van der Waals surface area contributed by atoms with Gasteiger partial charge in [0, 0.05) is 24.4 Å². The van der Waals surface area contributed by atoms with Crippen molar-refractivity contribution in [1.82, 2.24) is 15.0 Å². The highest BCUT2D eigenvalue weighted by molar-refractivity contribution is 5.57. The van der Waals surface area contributed by atoms with E-state index in [0.717, 1.165) is 11.1 Å². The van der Waals surface area contributed by atoms with E-state index in [9.17, 15) is 9.50 Å². The van der Waals surface area contributed by atoms with Crippen LogP contribution in [-0.2, 0) is 6.42 Å². The summed E-state index contributed by atoms with van der Waals surface area (Å²) in [4.78, 5) is 12.5. The largest absolute Gasteiger partial charge is 0.386 e. The minimum atomic E-state index is -0.725. The zero-order chi connectivity index (χ0) is 15.4. The molecular weight excluding hydrogens is 281 g/mol. The second-order valence-electron chi connectivity index (χ2n) is 4.91. The van der Waals surface area contributed by atoms with Gasteiger partial charge in [-0.3, -0.25) is 15.0 Å². The van der Waals surface area contributed by atoms with Crippen molar-refractivity contribution < 1.29 is 9.50 Å². The molecule has 0 aliphatic rings. The van der Waals surface area contributed by atoms with E-state index in [1.165, 1.54) is 12.1 Å². The number of benzene rings is 1. The van der Waals surface area contributed by atoms with Crippen molar-refractivity contribution in [2.24, 2.45) is 0 Å². The first kappa shape index (κ1) is 14.3. The third-order valence-corrected chi connectivity index (χ3v) is 3.33. The summed E-state index contributed by atoms with van der Waals surface area (Å²) < 4.78 is 12.9. The molecule has 3 rings (SSSR count). The monoisotopic (exact) mass is 295 g/mol. The van der Waals surface area contributed by atoms with Crippen LogP contribution in [0, 0.1) is 5.82 Å². The molecule has 0 bridgehead atoms. The fraction of sp³-hybridized carbons (Fsp3) is 0.118. The molecule has 1 unspecified atom stereocenters. The van der Waals surface area contributed by atoms with Crippen LogP contribution in [0.4, 0.5) is 4.39 Å². The summed E-state index contributed by atoms with van der Waals surface area (Å²) in [6.07, 6.45) is 6.23. The van der Waals surface area contributed by atoms with Crippen molar-refractivity contribution in [2.45, 2.75) is 12.5 Å². The third kappa shape index (κ3) is 3.32. The Kier molecular flexibility index (Phi) is 4.16. The van der Waals surface area contributed by atoms with Crippen LogP contribution in [0.5, 0.6) is 0 Å². The van der Waals surface area contributed by atoms with Crippen LogP contribution in [-0.4, -0.2) is 20.1 Å². The number of aliphatic hydroxyl groups excluding tert-OH is 1. The van der Waals surface area contributed by atoms with Crippen LogP contribution in [0.15, 0.2) is 61.2 Å². The van der Waals surface area contributed by atoms with Gasteiger partial charge in [-0.1, -0.05) is 0 Å². The Morgan fingerprint density at radius 1 is 0.955 bits per heavy atom. The molecule has 4 nitrogen and oxygen atoms in total. The average molecular weight is 295 g/mol. The Hall–Kier alpha value is -2.66. The van der Waals surface area contributed by atoms with Crippen LogP contribution < -0.4 is 0 Å². The number of aliphatic hydroxyl groups is 1. The fourth-order valence-electron chi connectivity index (χ4n) is 2.13. The molecule has 0 saturated carbocycles. The molecular formula is C17H14FN3O. The molecule has 0 amide bonds. The first-order valence-corrected chi connectivity index (χ1v) is 6.87. The molecule has 2 aromatic heterocycles. The van der Waals surface area contributed by atoms with Crippen molar-refractivity contribution in [1.29, 1.82) is 0 Å². The van der Waals surface area contributed by atoms with E-state index >= 15 is 0 Å². The number of rotatable bonds is 4. The lowest BCUT2D eigenvalue weighted by Crippen LogP contribution is -2.05. The van der Waals surface area contributed by atoms with E-state index in [2.05, 4.69) is 15.0 Å². The highest BCUT2D eigenvalue weighted by atomic mass is 19.1. The van der Waals surface area contributed by atoms with Crippen molar-refractivity contribution >= 4 is 0 Å². The van der Waals surface area contributed by atoms with Gasteiger partial charge in [0.15, 0.2) is 0 Å². The number of aromatic nitrogens is 3. The van der Waals surface area contributed by atoms with Crippen molar-refractivity contribution in [3.63, 3.8) is 0 Å². The normalized spacial score (nSPS) is 12.1. The molecule has 110 valence electrons. The van der Waals surface area contributed by atoms with Gasteiger partial charge in [0.1, 0.15) is 11.9 Å². The van der Waals surface area contributed by atoms with Gasteiger partial charge in [0.2, 0.25) is 0 Å². The Bertz CT molecular complexity index is 730. The van der Waals surface area contributed by atoms with Crippen LogP contribution in [0.3, 0.4) is 0 Å². The van der Waals surface area contributed by atoms with Crippen molar-refractivity contribution in [3.8, 4) is 11.3 Å². The minimum absolute atomic E-state index is 0.291. The van der Waals surface area contributed by atoms with Crippen LogP contribution in [0.25, 0.3) is 11.3 Å². The predicted molar refractivity (Wildman–Crippen MR) is 80.3 cm³/mol. The molecule has 1 N–H and O–H groups in total. The van der Waals surface area contributed by atoms with Gasteiger partial charge in [-0.2, -0.15) is 0 Å². The van der Waals surface area contributed by atoms with Gasteiger partial charge >= 0.3 is 0 Å². The SMILES string of the molecule is OC(Cc1ccncc1)c1cnc(-c2ccc(F)cc2)cn1. The van der Waals surface area contributed by atoms with Crippen molar-refractivity contribution in [2.75, 3.05) is 0 Å². The second-order valence-corrected chi connectivity index (χ2v) is 4.91. The zero-order valence-corrected chi connectivity index (χ0v) is 11.7. The number of hydrogen-bond donors (Lipinski definition) is 1. The molecule has 0 spiro atoms. The highest BCUT2D eigenvalue weighted by Gasteiger charge is 2.11. The van der Waals surface area contributed by atoms with E-state index in [4.69, 9.17) is 0 Å². The molecule has 3 aromatic rings. The maximum atomic E-state index is 12.9. The lowest BCUT2D eigenvalue weighted by molar-refractivity contribution is 0.173. The first-order valence-electron chi connectivity index (χ1n) is 6.87. The van der Waals surface area contributed by atoms with Gasteiger partial charge in [-0.25, -0.2) is 4.39 Å². The smallest absolute Gasteiger partial charge is 0.123 e. The quantitative estimate of drug-likeness (QED) is 0.804. The van der Waals surface area contributed by atoms with E-state index in [-0.39, 0.29) is 5.82 Å². The highest BCUT2D eigenvalue weighted by Crippen LogP contribution is 2.19. The van der Waals surface area contributed by atoms with Gasteiger partial charge < -0.3 is 5.11 Å². The van der Waals surface area contributed by atoms with E-state index in [1.54, 1.807) is 36.9 Å². The van der Waals surface area contributed by atoms with E-state index in [1.807, 2.05) is 12.1 Å². The standard InChI is InChI=1S/C17H14FN3O/c18-14-3-1-13(2-4-14)15-10-21-16(11-20-15)17(22)9-12-5-7-19-8-6-12/h1-8,10-11,17,22H,9H2. The first-order chi connectivity index (χ1) is 10.7. The summed E-state index contributed by atoms with van der Waals surface area (Å²) in [5.41, 5.74) is 2.90. The summed E-state index contributed by atoms with van der Waals surface area (Å²) in [5, 5.41) is 10.2. The Labute approximate surface area is 127 Å². The lowest BCUT2D eigenvalue weighted by atomic mass is 10.1. The summed E-state index contributed by atoms with van der Waals surface area (Å²) in [6.45, 7) is 0.